The van der Waals surface area contributed by atoms with E-state index >= 15 is 0 Å². The van der Waals surface area contributed by atoms with Crippen molar-refractivity contribution in [3.63, 3.8) is 0 Å². The summed E-state index contributed by atoms with van der Waals surface area (Å²) in [4.78, 5) is 50.6. The summed E-state index contributed by atoms with van der Waals surface area (Å²) in [6, 6.07) is 20.5. The number of nitrogens with zero attached hydrogens (tertiary/aromatic N) is 5. The van der Waals surface area contributed by atoms with Crippen molar-refractivity contribution in [2.24, 2.45) is 5.41 Å². The monoisotopic (exact) mass is 627 g/mol. The molecule has 10 heteroatoms. The Morgan fingerprint density at radius 1 is 0.935 bits per heavy atom. The molecule has 0 radical (unpaired) electrons. The van der Waals surface area contributed by atoms with Crippen LogP contribution in [0.3, 0.4) is 0 Å². The van der Waals surface area contributed by atoms with Gasteiger partial charge in [0.2, 0.25) is 0 Å². The van der Waals surface area contributed by atoms with Crippen LogP contribution >= 0.6 is 0 Å². The number of ether oxygens (including phenoxy) is 1. The van der Waals surface area contributed by atoms with Gasteiger partial charge in [-0.3, -0.25) is 9.36 Å². The smallest absolute Gasteiger partial charge is 0.410 e. The van der Waals surface area contributed by atoms with Gasteiger partial charge in [0.05, 0.1) is 30.2 Å². The highest BCUT2D eigenvalue weighted by Gasteiger charge is 2.56. The molecule has 3 aromatic rings. The Morgan fingerprint density at radius 3 is 2.26 bits per heavy atom. The van der Waals surface area contributed by atoms with Crippen molar-refractivity contribution in [3.05, 3.63) is 89.0 Å². The van der Waals surface area contributed by atoms with Crippen molar-refractivity contribution in [1.29, 1.82) is 0 Å². The summed E-state index contributed by atoms with van der Waals surface area (Å²) in [7, 11) is 0. The number of urea groups is 1. The highest BCUT2D eigenvalue weighted by atomic mass is 16.6. The normalized spacial score (nSPS) is 23.0. The lowest BCUT2D eigenvalue weighted by atomic mass is 9.66. The number of carbonyl (C=O) groups excluding carboxylic acids is 2. The van der Waals surface area contributed by atoms with E-state index in [1.807, 2.05) is 91.2 Å². The Hall–Kier alpha value is -4.18. The van der Waals surface area contributed by atoms with Crippen LogP contribution in [0, 0.1) is 5.41 Å². The maximum absolute atomic E-state index is 14.3. The number of amides is 3. The first-order chi connectivity index (χ1) is 22.0. The third kappa shape index (κ3) is 6.40. The fourth-order valence-electron chi connectivity index (χ4n) is 7.50. The predicted molar refractivity (Wildman–Crippen MR) is 175 cm³/mol. The summed E-state index contributed by atoms with van der Waals surface area (Å²) in [5, 5.41) is 12.3. The van der Waals surface area contributed by atoms with Crippen LogP contribution in [0.4, 0.5) is 9.59 Å². The zero-order valence-corrected chi connectivity index (χ0v) is 27.1. The van der Waals surface area contributed by atoms with Gasteiger partial charge in [0, 0.05) is 49.8 Å². The number of carbonyl (C=O) groups is 2. The lowest BCUT2D eigenvalue weighted by Gasteiger charge is -2.53. The predicted octanol–water partition coefficient (Wildman–Crippen LogP) is 5.32. The van der Waals surface area contributed by atoms with E-state index in [0.29, 0.717) is 44.8 Å². The molecule has 0 unspecified atom stereocenters. The van der Waals surface area contributed by atoms with Gasteiger partial charge in [-0.25, -0.2) is 14.6 Å². The van der Waals surface area contributed by atoms with E-state index in [2.05, 4.69) is 4.98 Å². The standard InChI is InChI=1S/C36H45N5O5/c1-34(2,3)46-33(44)38-20-21-41(30(23-38)28-14-8-5-9-15-28)32(43)39-19-18-36(45,35(24-39)16-10-11-17-35)25-40-26-37-29(22-31(40)42)27-12-6-4-7-13-27/h4-9,12-15,22,26,30,45H,10-11,16-21,23-25H2,1-3H3/t30-,36+/m0/s1. The summed E-state index contributed by atoms with van der Waals surface area (Å²) in [6.45, 7) is 7.56. The topological polar surface area (TPSA) is 108 Å². The number of aromatic nitrogens is 2. The Bertz CT molecular complexity index is 1600. The van der Waals surface area contributed by atoms with Gasteiger partial charge in [-0.2, -0.15) is 0 Å². The molecule has 1 N–H and O–H groups in total. The van der Waals surface area contributed by atoms with Gasteiger partial charge in [0.25, 0.3) is 5.56 Å². The molecule has 244 valence electrons. The van der Waals surface area contributed by atoms with Gasteiger partial charge in [-0.1, -0.05) is 73.5 Å². The number of rotatable bonds is 4. The molecule has 3 fully saturated rings. The molecule has 2 atom stereocenters. The van der Waals surface area contributed by atoms with Crippen LogP contribution in [-0.4, -0.2) is 85.4 Å². The number of hydrogen-bond acceptors (Lipinski definition) is 6. The number of benzene rings is 2. The number of likely N-dealkylation sites (tertiary alicyclic amines) is 1. The summed E-state index contributed by atoms with van der Waals surface area (Å²) in [6.07, 6.45) is 5.02. The van der Waals surface area contributed by atoms with Gasteiger partial charge in [0.15, 0.2) is 0 Å². The number of piperazine rings is 1. The molecule has 2 saturated heterocycles. The first-order valence-corrected chi connectivity index (χ1v) is 16.4. The van der Waals surface area contributed by atoms with Crippen LogP contribution in [0.2, 0.25) is 0 Å². The Morgan fingerprint density at radius 2 is 1.61 bits per heavy atom. The van der Waals surface area contributed by atoms with E-state index in [-0.39, 0.29) is 30.3 Å². The van der Waals surface area contributed by atoms with Gasteiger partial charge in [-0.15, -0.1) is 0 Å². The Kier molecular flexibility index (Phi) is 8.67. The zero-order valence-electron chi connectivity index (χ0n) is 27.1. The van der Waals surface area contributed by atoms with Crippen LogP contribution < -0.4 is 5.56 Å². The minimum absolute atomic E-state index is 0.0861. The van der Waals surface area contributed by atoms with E-state index < -0.39 is 16.6 Å². The molecule has 1 aliphatic carbocycles. The SMILES string of the molecule is CC(C)(C)OC(=O)N1CCN(C(=O)N2CC[C@@](O)(Cn3cnc(-c4ccccc4)cc3=O)C3(CCCC3)C2)[C@H](c2ccccc2)C1. The average Bonchev–Trinajstić information content (AvgIpc) is 3.53. The summed E-state index contributed by atoms with van der Waals surface area (Å²) >= 11 is 0. The van der Waals surface area contributed by atoms with Crippen molar-refractivity contribution >= 4 is 12.1 Å². The number of aliphatic hydroxyl groups is 1. The van der Waals surface area contributed by atoms with E-state index in [4.69, 9.17) is 4.74 Å². The molecule has 6 rings (SSSR count). The van der Waals surface area contributed by atoms with Crippen molar-refractivity contribution < 1.29 is 19.4 Å². The minimum atomic E-state index is -1.16. The second-order valence-corrected chi connectivity index (χ2v) is 14.1. The molecule has 2 aliphatic heterocycles. The van der Waals surface area contributed by atoms with Crippen LogP contribution in [-0.2, 0) is 11.3 Å². The maximum Gasteiger partial charge on any atom is 0.410 e. The third-order valence-electron chi connectivity index (χ3n) is 9.95. The summed E-state index contributed by atoms with van der Waals surface area (Å²) < 4.78 is 7.18. The van der Waals surface area contributed by atoms with Crippen LogP contribution in [0.5, 0.6) is 0 Å². The molecule has 2 aromatic carbocycles. The molecule has 10 nitrogen and oxygen atoms in total. The lowest BCUT2D eigenvalue weighted by Crippen LogP contribution is -2.64. The van der Waals surface area contributed by atoms with E-state index in [1.54, 1.807) is 4.90 Å². The fraction of sp³-hybridized carbons (Fsp3) is 0.500. The third-order valence-corrected chi connectivity index (χ3v) is 9.95. The van der Waals surface area contributed by atoms with Crippen LogP contribution in [0.25, 0.3) is 11.3 Å². The second-order valence-electron chi connectivity index (χ2n) is 14.1. The van der Waals surface area contributed by atoms with Crippen LogP contribution in [0.15, 0.2) is 77.9 Å². The molecule has 3 aliphatic rings. The molecule has 1 aromatic heterocycles. The van der Waals surface area contributed by atoms with E-state index in [1.165, 1.54) is 17.0 Å². The molecule has 1 spiro atoms. The highest BCUT2D eigenvalue weighted by Crippen LogP contribution is 2.52. The number of hydrogen-bond donors (Lipinski definition) is 1. The van der Waals surface area contributed by atoms with Crippen molar-refractivity contribution in [1.82, 2.24) is 24.3 Å². The highest BCUT2D eigenvalue weighted by molar-refractivity contribution is 5.76. The van der Waals surface area contributed by atoms with Crippen molar-refractivity contribution in [3.8, 4) is 11.3 Å². The molecule has 1 saturated carbocycles. The Balaban J connectivity index is 1.21. The summed E-state index contributed by atoms with van der Waals surface area (Å²) in [5.41, 5.74) is -0.0818. The molecule has 3 amide bonds. The average molecular weight is 628 g/mol. The molecule has 3 heterocycles. The first kappa shape index (κ1) is 31.8. The maximum atomic E-state index is 14.3. The molecule has 46 heavy (non-hydrogen) atoms. The number of piperidine rings is 1. The quantitative estimate of drug-likeness (QED) is 0.420. The largest absolute Gasteiger partial charge is 0.444 e. The van der Waals surface area contributed by atoms with Gasteiger partial charge in [-0.05, 0) is 45.6 Å². The van der Waals surface area contributed by atoms with Gasteiger partial charge >= 0.3 is 12.1 Å². The minimum Gasteiger partial charge on any atom is -0.444 e. The second kappa shape index (κ2) is 12.5. The van der Waals surface area contributed by atoms with Gasteiger partial charge in [0.1, 0.15) is 5.60 Å². The van der Waals surface area contributed by atoms with E-state index in [9.17, 15) is 19.5 Å². The van der Waals surface area contributed by atoms with Crippen molar-refractivity contribution in [2.45, 2.75) is 76.7 Å². The van der Waals surface area contributed by atoms with Gasteiger partial charge < -0.3 is 24.5 Å². The van der Waals surface area contributed by atoms with E-state index in [0.717, 1.165) is 36.8 Å². The Labute approximate surface area is 270 Å². The molecule has 0 bridgehead atoms. The molecular weight excluding hydrogens is 582 g/mol. The lowest BCUT2D eigenvalue weighted by molar-refractivity contribution is -0.137. The fourth-order valence-corrected chi connectivity index (χ4v) is 7.50. The summed E-state index contributed by atoms with van der Waals surface area (Å²) in [5.74, 6) is 0. The first-order valence-electron chi connectivity index (χ1n) is 16.4. The van der Waals surface area contributed by atoms with Crippen LogP contribution in [0.1, 0.15) is 64.5 Å². The molecular formula is C36H45N5O5. The zero-order chi connectivity index (χ0) is 32.5. The van der Waals surface area contributed by atoms with Crippen molar-refractivity contribution in [2.75, 3.05) is 32.7 Å².